The lowest BCUT2D eigenvalue weighted by atomic mass is 9.94. The van der Waals surface area contributed by atoms with Crippen molar-refractivity contribution in [1.82, 2.24) is 15.5 Å². The molecule has 6 nitrogen and oxygen atoms in total. The van der Waals surface area contributed by atoms with Crippen LogP contribution in [-0.4, -0.2) is 31.4 Å². The Labute approximate surface area is 117 Å². The van der Waals surface area contributed by atoms with E-state index >= 15 is 0 Å². The molecule has 7 heteroatoms. The molecule has 1 atom stereocenters. The summed E-state index contributed by atoms with van der Waals surface area (Å²) in [6, 6.07) is 7.90. The Kier molecular flexibility index (Phi) is 3.31. The van der Waals surface area contributed by atoms with Crippen LogP contribution >= 0.6 is 0 Å². The molecule has 0 bridgehead atoms. The van der Waals surface area contributed by atoms with Gasteiger partial charge in [-0.05, 0) is 17.5 Å². The van der Waals surface area contributed by atoms with Gasteiger partial charge in [0.15, 0.2) is 15.7 Å². The SMILES string of the molecule is CS(=O)(=O)Cc1noc(C2NCCc3ccccc32)n1. The van der Waals surface area contributed by atoms with E-state index < -0.39 is 9.84 Å². The standard InChI is InChI=1S/C13H15N3O3S/c1-20(17,18)8-11-15-13(19-16-11)12-10-5-3-2-4-9(10)6-7-14-12/h2-5,12,14H,6-8H2,1H3. The van der Waals surface area contributed by atoms with E-state index in [-0.39, 0.29) is 17.6 Å². The molecule has 1 N–H and O–H groups in total. The van der Waals surface area contributed by atoms with Crippen LogP contribution < -0.4 is 5.32 Å². The second kappa shape index (κ2) is 4.99. The smallest absolute Gasteiger partial charge is 0.248 e. The molecule has 1 unspecified atom stereocenters. The maximum Gasteiger partial charge on any atom is 0.248 e. The number of aromatic nitrogens is 2. The van der Waals surface area contributed by atoms with Gasteiger partial charge in [0.1, 0.15) is 11.8 Å². The fraction of sp³-hybridized carbons (Fsp3) is 0.385. The van der Waals surface area contributed by atoms with Gasteiger partial charge in [-0.2, -0.15) is 4.98 Å². The fourth-order valence-electron chi connectivity index (χ4n) is 2.40. The van der Waals surface area contributed by atoms with Crippen LogP contribution in [-0.2, 0) is 22.0 Å². The van der Waals surface area contributed by atoms with E-state index in [1.54, 1.807) is 0 Å². The van der Waals surface area contributed by atoms with Crippen molar-refractivity contribution in [1.29, 1.82) is 0 Å². The molecule has 106 valence electrons. The topological polar surface area (TPSA) is 85.1 Å². The van der Waals surface area contributed by atoms with Crippen LogP contribution in [0.3, 0.4) is 0 Å². The number of benzene rings is 1. The first kappa shape index (κ1) is 13.3. The second-order valence-corrected chi connectivity index (χ2v) is 7.10. The van der Waals surface area contributed by atoms with Gasteiger partial charge < -0.3 is 9.84 Å². The molecule has 0 aliphatic carbocycles. The molecule has 2 heterocycles. The number of hydrogen-bond donors (Lipinski definition) is 1. The molecule has 0 radical (unpaired) electrons. The first-order valence-electron chi connectivity index (χ1n) is 6.34. The summed E-state index contributed by atoms with van der Waals surface area (Å²) >= 11 is 0. The summed E-state index contributed by atoms with van der Waals surface area (Å²) < 4.78 is 27.7. The lowest BCUT2D eigenvalue weighted by molar-refractivity contribution is 0.341. The maximum atomic E-state index is 11.2. The van der Waals surface area contributed by atoms with Crippen molar-refractivity contribution in [2.45, 2.75) is 18.2 Å². The number of hydrogen-bond acceptors (Lipinski definition) is 6. The van der Waals surface area contributed by atoms with Crippen LogP contribution in [0.5, 0.6) is 0 Å². The molecular weight excluding hydrogens is 278 g/mol. The zero-order valence-corrected chi connectivity index (χ0v) is 11.9. The first-order valence-corrected chi connectivity index (χ1v) is 8.40. The zero-order chi connectivity index (χ0) is 14.2. The van der Waals surface area contributed by atoms with Gasteiger partial charge in [0, 0.05) is 12.8 Å². The summed E-state index contributed by atoms with van der Waals surface area (Å²) in [4.78, 5) is 4.20. The number of rotatable bonds is 3. The molecule has 1 aliphatic heterocycles. The molecule has 2 aromatic rings. The maximum absolute atomic E-state index is 11.2. The normalized spacial score (nSPS) is 18.8. The first-order chi connectivity index (χ1) is 9.53. The summed E-state index contributed by atoms with van der Waals surface area (Å²) in [5, 5.41) is 7.07. The molecule has 20 heavy (non-hydrogen) atoms. The Bertz CT molecular complexity index is 724. The minimum absolute atomic E-state index is 0.166. The quantitative estimate of drug-likeness (QED) is 0.903. The number of nitrogens with one attached hydrogen (secondary N) is 1. The minimum atomic E-state index is -3.16. The van der Waals surface area contributed by atoms with E-state index in [0.717, 1.165) is 24.8 Å². The molecular formula is C13H15N3O3S. The molecule has 0 spiro atoms. The summed E-state index contributed by atoms with van der Waals surface area (Å²) in [5.74, 6) is 0.411. The fourth-order valence-corrected chi connectivity index (χ4v) is 2.99. The van der Waals surface area contributed by atoms with Crippen molar-refractivity contribution < 1.29 is 12.9 Å². The van der Waals surface area contributed by atoms with E-state index in [2.05, 4.69) is 21.5 Å². The van der Waals surface area contributed by atoms with Crippen LogP contribution in [0.15, 0.2) is 28.8 Å². The van der Waals surface area contributed by atoms with E-state index in [1.165, 1.54) is 5.56 Å². The van der Waals surface area contributed by atoms with Gasteiger partial charge in [-0.3, -0.25) is 0 Å². The van der Waals surface area contributed by atoms with Gasteiger partial charge in [-0.1, -0.05) is 29.4 Å². The number of fused-ring (bicyclic) bond motifs is 1. The lowest BCUT2D eigenvalue weighted by Crippen LogP contribution is -2.30. The molecule has 1 aromatic heterocycles. The average Bonchev–Trinajstić information content (AvgIpc) is 2.84. The molecule has 3 rings (SSSR count). The predicted molar refractivity (Wildman–Crippen MR) is 72.8 cm³/mol. The Balaban J connectivity index is 1.91. The second-order valence-electron chi connectivity index (χ2n) is 4.95. The zero-order valence-electron chi connectivity index (χ0n) is 11.0. The van der Waals surface area contributed by atoms with Crippen LogP contribution in [0.2, 0.25) is 0 Å². The van der Waals surface area contributed by atoms with Crippen molar-refractivity contribution in [2.24, 2.45) is 0 Å². The average molecular weight is 293 g/mol. The number of nitrogens with zero attached hydrogens (tertiary/aromatic N) is 2. The van der Waals surface area contributed by atoms with E-state index in [4.69, 9.17) is 4.52 Å². The predicted octanol–water partition coefficient (Wildman–Crippen LogP) is 0.849. The Hall–Kier alpha value is -1.73. The van der Waals surface area contributed by atoms with Crippen molar-refractivity contribution in [2.75, 3.05) is 12.8 Å². The highest BCUT2D eigenvalue weighted by molar-refractivity contribution is 7.89. The van der Waals surface area contributed by atoms with Crippen molar-refractivity contribution in [3.63, 3.8) is 0 Å². The van der Waals surface area contributed by atoms with E-state index in [9.17, 15) is 8.42 Å². The monoisotopic (exact) mass is 293 g/mol. The lowest BCUT2D eigenvalue weighted by Gasteiger charge is -2.23. The van der Waals surface area contributed by atoms with E-state index in [1.807, 2.05) is 18.2 Å². The Morgan fingerprint density at radius 1 is 1.40 bits per heavy atom. The van der Waals surface area contributed by atoms with Gasteiger partial charge >= 0.3 is 0 Å². The molecule has 1 aliphatic rings. The third kappa shape index (κ3) is 2.73. The third-order valence-corrected chi connectivity index (χ3v) is 4.01. The molecule has 0 amide bonds. The molecule has 0 saturated carbocycles. The van der Waals surface area contributed by atoms with Crippen LogP contribution in [0.25, 0.3) is 0 Å². The van der Waals surface area contributed by atoms with E-state index in [0.29, 0.717) is 5.89 Å². The van der Waals surface area contributed by atoms with Crippen LogP contribution in [0, 0.1) is 0 Å². The number of sulfone groups is 1. The van der Waals surface area contributed by atoms with Crippen molar-refractivity contribution >= 4 is 9.84 Å². The Morgan fingerprint density at radius 2 is 2.20 bits per heavy atom. The van der Waals surface area contributed by atoms with Crippen molar-refractivity contribution in [3.05, 3.63) is 47.1 Å². The van der Waals surface area contributed by atoms with Crippen LogP contribution in [0.1, 0.15) is 28.9 Å². The largest absolute Gasteiger partial charge is 0.337 e. The molecule has 0 saturated heterocycles. The summed E-state index contributed by atoms with van der Waals surface area (Å²) in [7, 11) is -3.16. The van der Waals surface area contributed by atoms with Gasteiger partial charge in [-0.15, -0.1) is 0 Å². The highest BCUT2D eigenvalue weighted by Crippen LogP contribution is 2.27. The summed E-state index contributed by atoms with van der Waals surface area (Å²) in [5.41, 5.74) is 2.35. The van der Waals surface area contributed by atoms with Gasteiger partial charge in [-0.25, -0.2) is 8.42 Å². The van der Waals surface area contributed by atoms with Crippen LogP contribution in [0.4, 0.5) is 0 Å². The highest BCUT2D eigenvalue weighted by Gasteiger charge is 2.26. The van der Waals surface area contributed by atoms with Crippen molar-refractivity contribution in [3.8, 4) is 0 Å². The Morgan fingerprint density at radius 3 is 3.00 bits per heavy atom. The minimum Gasteiger partial charge on any atom is -0.337 e. The molecule has 0 fully saturated rings. The van der Waals surface area contributed by atoms with Gasteiger partial charge in [0.05, 0.1) is 0 Å². The molecule has 1 aromatic carbocycles. The van der Waals surface area contributed by atoms with Gasteiger partial charge in [0.2, 0.25) is 5.89 Å². The highest BCUT2D eigenvalue weighted by atomic mass is 32.2. The van der Waals surface area contributed by atoms with Gasteiger partial charge in [0.25, 0.3) is 0 Å². The third-order valence-electron chi connectivity index (χ3n) is 3.23. The summed E-state index contributed by atoms with van der Waals surface area (Å²) in [6.45, 7) is 0.825. The summed E-state index contributed by atoms with van der Waals surface area (Å²) in [6.07, 6.45) is 2.11.